The number of ether oxygens (including phenoxy) is 2. The second-order valence-electron chi connectivity index (χ2n) is 4.35. The fourth-order valence-electron chi connectivity index (χ4n) is 2.03. The number of carbonyl (C=O) groups is 1. The van der Waals surface area contributed by atoms with E-state index in [4.69, 9.17) is 4.74 Å². The Kier molecular flexibility index (Phi) is 4.90. The van der Waals surface area contributed by atoms with E-state index < -0.39 is 6.10 Å². The topological polar surface area (TPSA) is 38.8 Å². The number of rotatable bonds is 3. The predicted octanol–water partition coefficient (Wildman–Crippen LogP) is 1.96. The third kappa shape index (κ3) is 3.75. The van der Waals surface area contributed by atoms with Gasteiger partial charge in [-0.2, -0.15) is 0 Å². The Morgan fingerprint density at radius 2 is 2.42 bits per heavy atom. The van der Waals surface area contributed by atoms with Crippen LogP contribution in [0.3, 0.4) is 0 Å². The molecule has 1 aromatic carbocycles. The first-order valence-corrected chi connectivity index (χ1v) is 6.75. The van der Waals surface area contributed by atoms with E-state index in [1.165, 1.54) is 13.2 Å². The largest absolute Gasteiger partial charge is 0.467 e. The van der Waals surface area contributed by atoms with Crippen molar-refractivity contribution in [3.63, 3.8) is 0 Å². The van der Waals surface area contributed by atoms with E-state index in [-0.39, 0.29) is 11.8 Å². The zero-order valence-electron chi connectivity index (χ0n) is 10.6. The second kappa shape index (κ2) is 6.45. The lowest BCUT2D eigenvalue weighted by atomic mass is 10.1. The molecule has 19 heavy (non-hydrogen) atoms. The van der Waals surface area contributed by atoms with Crippen molar-refractivity contribution in [1.82, 2.24) is 4.90 Å². The lowest BCUT2D eigenvalue weighted by molar-refractivity contribution is -0.160. The Labute approximate surface area is 119 Å². The molecule has 0 radical (unpaired) electrons. The van der Waals surface area contributed by atoms with Crippen LogP contribution < -0.4 is 0 Å². The molecule has 2 rings (SSSR count). The molecular weight excluding hydrogens is 317 g/mol. The number of halogens is 2. The smallest absolute Gasteiger partial charge is 0.336 e. The van der Waals surface area contributed by atoms with Gasteiger partial charge in [0.2, 0.25) is 0 Å². The minimum absolute atomic E-state index is 0.246. The number of hydrogen-bond acceptors (Lipinski definition) is 4. The van der Waals surface area contributed by atoms with Gasteiger partial charge in [0.15, 0.2) is 6.10 Å². The minimum Gasteiger partial charge on any atom is -0.467 e. The first-order chi connectivity index (χ1) is 9.10. The van der Waals surface area contributed by atoms with E-state index in [9.17, 15) is 9.18 Å². The van der Waals surface area contributed by atoms with Gasteiger partial charge >= 0.3 is 5.97 Å². The highest BCUT2D eigenvalue weighted by Crippen LogP contribution is 2.18. The molecule has 104 valence electrons. The van der Waals surface area contributed by atoms with Crippen LogP contribution >= 0.6 is 15.9 Å². The molecule has 1 unspecified atom stereocenters. The van der Waals surface area contributed by atoms with Gasteiger partial charge in [0.05, 0.1) is 13.7 Å². The van der Waals surface area contributed by atoms with Gasteiger partial charge < -0.3 is 9.47 Å². The summed E-state index contributed by atoms with van der Waals surface area (Å²) in [6.07, 6.45) is -0.589. The van der Waals surface area contributed by atoms with Gasteiger partial charge in [-0.05, 0) is 18.2 Å². The summed E-state index contributed by atoms with van der Waals surface area (Å²) in [4.78, 5) is 13.4. The van der Waals surface area contributed by atoms with Crippen LogP contribution in [0, 0.1) is 5.82 Å². The SMILES string of the molecule is COC(=O)C1CN(Cc2cc(Br)ccc2F)CCO1. The van der Waals surface area contributed by atoms with Gasteiger partial charge in [-0.1, -0.05) is 15.9 Å². The number of esters is 1. The zero-order chi connectivity index (χ0) is 13.8. The molecule has 1 aliphatic rings. The van der Waals surface area contributed by atoms with E-state index in [2.05, 4.69) is 20.7 Å². The third-order valence-electron chi connectivity index (χ3n) is 3.02. The van der Waals surface area contributed by atoms with Crippen LogP contribution in [0.4, 0.5) is 4.39 Å². The van der Waals surface area contributed by atoms with Crippen LogP contribution in [0.25, 0.3) is 0 Å². The number of benzene rings is 1. The fraction of sp³-hybridized carbons (Fsp3) is 0.462. The maximum absolute atomic E-state index is 13.7. The van der Waals surface area contributed by atoms with Gasteiger partial charge in [-0.25, -0.2) is 9.18 Å². The van der Waals surface area contributed by atoms with Crippen molar-refractivity contribution in [3.05, 3.63) is 34.1 Å². The van der Waals surface area contributed by atoms with Crippen LogP contribution in [0.15, 0.2) is 22.7 Å². The Bertz CT molecular complexity index is 469. The summed E-state index contributed by atoms with van der Waals surface area (Å²) in [5.74, 6) is -0.635. The molecule has 0 bridgehead atoms. The summed E-state index contributed by atoms with van der Waals surface area (Å²) in [5, 5.41) is 0. The quantitative estimate of drug-likeness (QED) is 0.794. The molecule has 4 nitrogen and oxygen atoms in total. The fourth-order valence-corrected chi connectivity index (χ4v) is 2.43. The highest BCUT2D eigenvalue weighted by atomic mass is 79.9. The summed E-state index contributed by atoms with van der Waals surface area (Å²) >= 11 is 3.32. The van der Waals surface area contributed by atoms with E-state index in [0.717, 1.165) is 4.47 Å². The Morgan fingerprint density at radius 3 is 3.16 bits per heavy atom. The average molecular weight is 332 g/mol. The molecule has 1 fully saturated rings. The Hall–Kier alpha value is -0.980. The molecule has 0 spiro atoms. The van der Waals surface area contributed by atoms with Crippen molar-refractivity contribution in [2.24, 2.45) is 0 Å². The normalized spacial score (nSPS) is 20.3. The summed E-state index contributed by atoms with van der Waals surface area (Å²) < 4.78 is 24.5. The summed E-state index contributed by atoms with van der Waals surface area (Å²) in [5.41, 5.74) is 0.597. The van der Waals surface area contributed by atoms with Crippen LogP contribution in [0.1, 0.15) is 5.56 Å². The standard InChI is InChI=1S/C13H15BrFNO3/c1-18-13(17)12-8-16(4-5-19-12)7-9-6-10(14)2-3-11(9)15/h2-3,6,12H,4-5,7-8H2,1H3. The second-order valence-corrected chi connectivity index (χ2v) is 5.27. The highest BCUT2D eigenvalue weighted by Gasteiger charge is 2.27. The predicted molar refractivity (Wildman–Crippen MR) is 71.1 cm³/mol. The zero-order valence-corrected chi connectivity index (χ0v) is 12.2. The van der Waals surface area contributed by atoms with Crippen molar-refractivity contribution in [2.75, 3.05) is 26.8 Å². The van der Waals surface area contributed by atoms with Crippen LogP contribution in [0.5, 0.6) is 0 Å². The van der Waals surface area contributed by atoms with Crippen molar-refractivity contribution in [1.29, 1.82) is 0 Å². The van der Waals surface area contributed by atoms with Crippen LogP contribution in [0.2, 0.25) is 0 Å². The van der Waals surface area contributed by atoms with E-state index >= 15 is 0 Å². The molecule has 1 atom stereocenters. The Morgan fingerprint density at radius 1 is 1.63 bits per heavy atom. The molecule has 1 saturated heterocycles. The number of hydrogen-bond donors (Lipinski definition) is 0. The van der Waals surface area contributed by atoms with Crippen molar-refractivity contribution < 1.29 is 18.7 Å². The molecule has 0 aliphatic carbocycles. The number of nitrogens with zero attached hydrogens (tertiary/aromatic N) is 1. The number of methoxy groups -OCH3 is 1. The Balaban J connectivity index is 2.02. The maximum atomic E-state index is 13.7. The third-order valence-corrected chi connectivity index (χ3v) is 3.51. The van der Waals surface area contributed by atoms with Gasteiger partial charge in [0, 0.05) is 29.7 Å². The maximum Gasteiger partial charge on any atom is 0.336 e. The van der Waals surface area contributed by atoms with Gasteiger partial charge in [0.1, 0.15) is 5.82 Å². The summed E-state index contributed by atoms with van der Waals surface area (Å²) in [6.45, 7) is 1.97. The lowest BCUT2D eigenvalue weighted by Crippen LogP contribution is -2.46. The van der Waals surface area contributed by atoms with E-state index in [1.54, 1.807) is 12.1 Å². The molecule has 0 N–H and O–H groups in total. The van der Waals surface area contributed by atoms with Crippen molar-refractivity contribution >= 4 is 21.9 Å². The molecule has 1 aromatic rings. The van der Waals surface area contributed by atoms with Gasteiger partial charge in [0.25, 0.3) is 0 Å². The van der Waals surface area contributed by atoms with E-state index in [1.807, 2.05) is 4.90 Å². The van der Waals surface area contributed by atoms with E-state index in [0.29, 0.717) is 31.8 Å². The first-order valence-electron chi connectivity index (χ1n) is 5.96. The first kappa shape index (κ1) is 14.4. The molecular formula is C13H15BrFNO3. The number of morpholine rings is 1. The highest BCUT2D eigenvalue weighted by molar-refractivity contribution is 9.10. The summed E-state index contributed by atoms with van der Waals surface area (Å²) in [7, 11) is 1.33. The van der Waals surface area contributed by atoms with Crippen molar-refractivity contribution in [2.45, 2.75) is 12.6 Å². The molecule has 6 heteroatoms. The average Bonchev–Trinajstić information content (AvgIpc) is 2.42. The molecule has 0 amide bonds. The van der Waals surface area contributed by atoms with Crippen molar-refractivity contribution in [3.8, 4) is 0 Å². The van der Waals surface area contributed by atoms with Gasteiger partial charge in [-0.15, -0.1) is 0 Å². The molecule has 1 heterocycles. The molecule has 1 aliphatic heterocycles. The lowest BCUT2D eigenvalue weighted by Gasteiger charge is -2.31. The number of carbonyl (C=O) groups excluding carboxylic acids is 1. The molecule has 0 aromatic heterocycles. The van der Waals surface area contributed by atoms with Crippen LogP contribution in [-0.2, 0) is 20.8 Å². The summed E-state index contributed by atoms with van der Waals surface area (Å²) in [6, 6.07) is 4.84. The van der Waals surface area contributed by atoms with Gasteiger partial charge in [-0.3, -0.25) is 4.90 Å². The monoisotopic (exact) mass is 331 g/mol. The molecule has 0 saturated carbocycles. The van der Waals surface area contributed by atoms with Crippen LogP contribution in [-0.4, -0.2) is 43.8 Å². The minimum atomic E-state index is -0.589.